The predicted molar refractivity (Wildman–Crippen MR) is 118 cm³/mol. The number of aliphatic hydroxyl groups excluding tert-OH is 1. The number of rotatable bonds is 11. The lowest BCUT2D eigenvalue weighted by molar-refractivity contribution is -0.140. The first kappa shape index (κ1) is 24.3. The van der Waals surface area contributed by atoms with Crippen LogP contribution in [-0.4, -0.2) is 40.8 Å². The lowest BCUT2D eigenvalue weighted by Gasteiger charge is -2.19. The summed E-state index contributed by atoms with van der Waals surface area (Å²) in [6, 6.07) is 0. The van der Waals surface area contributed by atoms with Gasteiger partial charge in [-0.2, -0.15) is 0 Å². The zero-order valence-electron chi connectivity index (χ0n) is 18.3. The number of hydrogen-bond acceptors (Lipinski definition) is 5. The van der Waals surface area contributed by atoms with E-state index in [0.717, 1.165) is 19.3 Å². The molecule has 2 aliphatic rings. The van der Waals surface area contributed by atoms with Gasteiger partial charge in [0.15, 0.2) is 0 Å². The number of ketones is 1. The van der Waals surface area contributed by atoms with Gasteiger partial charge in [-0.3, -0.25) is 9.59 Å². The zero-order valence-corrected chi connectivity index (χ0v) is 18.3. The predicted octanol–water partition coefficient (Wildman–Crippen LogP) is 4.21. The second-order valence-corrected chi connectivity index (χ2v) is 8.58. The molecule has 0 radical (unpaired) electrons. The Labute approximate surface area is 180 Å². The van der Waals surface area contributed by atoms with Crippen LogP contribution in [0.3, 0.4) is 0 Å². The summed E-state index contributed by atoms with van der Waals surface area (Å²) in [5.74, 6) is -0.548. The molecule has 0 heterocycles. The van der Waals surface area contributed by atoms with Crippen LogP contribution in [0.15, 0.2) is 48.1 Å². The Hall–Kier alpha value is -1.98. The molecule has 5 nitrogen and oxygen atoms in total. The maximum Gasteiger partial charge on any atom is 0.305 e. The van der Waals surface area contributed by atoms with E-state index in [9.17, 15) is 19.8 Å². The van der Waals surface area contributed by atoms with Gasteiger partial charge in [-0.15, -0.1) is 0 Å². The van der Waals surface area contributed by atoms with E-state index in [1.165, 1.54) is 19.1 Å². The molecule has 2 aliphatic carbocycles. The standard InChI is InChI=1S/C25H36O5/c1-25(29,17-15-19-10-7-8-11-19)16-9-13-21-20(22(26)18-23(21)27)12-5-3-4-6-14-24(28)30-2/h3-4,9-10,13,15,17,20-21,23,27,29H,5-8,11-12,14,16,18H2,1-2H3/b4-3+,13-9-,17-15-/t20-,21-,23-,25+/m1/s1. The van der Waals surface area contributed by atoms with Gasteiger partial charge in [0.1, 0.15) is 5.78 Å². The summed E-state index contributed by atoms with van der Waals surface area (Å²) in [5.41, 5.74) is 0.321. The van der Waals surface area contributed by atoms with Crippen molar-refractivity contribution in [2.45, 2.75) is 76.4 Å². The Kier molecular flexibility index (Phi) is 9.73. The van der Waals surface area contributed by atoms with Crippen LogP contribution in [0.25, 0.3) is 0 Å². The molecule has 1 saturated carbocycles. The summed E-state index contributed by atoms with van der Waals surface area (Å²) in [4.78, 5) is 23.4. The Morgan fingerprint density at radius 1 is 1.30 bits per heavy atom. The minimum absolute atomic E-state index is 0.0972. The van der Waals surface area contributed by atoms with Gasteiger partial charge in [0.25, 0.3) is 0 Å². The average molecular weight is 417 g/mol. The molecule has 4 atom stereocenters. The fourth-order valence-electron chi connectivity index (χ4n) is 4.07. The molecule has 166 valence electrons. The third kappa shape index (κ3) is 8.04. The minimum Gasteiger partial charge on any atom is -0.469 e. The van der Waals surface area contributed by atoms with Crippen LogP contribution >= 0.6 is 0 Å². The van der Waals surface area contributed by atoms with Gasteiger partial charge in [0.2, 0.25) is 0 Å². The highest BCUT2D eigenvalue weighted by Gasteiger charge is 2.39. The molecule has 30 heavy (non-hydrogen) atoms. The van der Waals surface area contributed by atoms with E-state index in [1.54, 1.807) is 6.92 Å². The van der Waals surface area contributed by atoms with Crippen molar-refractivity contribution in [1.29, 1.82) is 0 Å². The van der Waals surface area contributed by atoms with E-state index in [1.807, 2.05) is 36.5 Å². The molecule has 0 unspecified atom stereocenters. The van der Waals surface area contributed by atoms with Crippen LogP contribution in [0.2, 0.25) is 0 Å². The topological polar surface area (TPSA) is 83.8 Å². The molecule has 0 spiro atoms. The molecule has 0 bridgehead atoms. The molecular formula is C25H36O5. The molecule has 5 heteroatoms. The summed E-state index contributed by atoms with van der Waals surface area (Å²) in [5, 5.41) is 20.9. The summed E-state index contributed by atoms with van der Waals surface area (Å²) in [7, 11) is 1.37. The highest BCUT2D eigenvalue weighted by atomic mass is 16.5. The number of carbonyl (C=O) groups excluding carboxylic acids is 2. The van der Waals surface area contributed by atoms with Gasteiger partial charge in [-0.1, -0.05) is 48.1 Å². The second-order valence-electron chi connectivity index (χ2n) is 8.58. The SMILES string of the molecule is COC(=O)CC/C=C/CC[C@H]1C(=O)C[C@@H](O)[C@@H]1/C=C\C[C@](C)(O)/C=C\C1=CCCC1. The molecule has 0 saturated heterocycles. The van der Waals surface area contributed by atoms with Gasteiger partial charge in [0.05, 0.1) is 18.8 Å². The van der Waals surface area contributed by atoms with Crippen LogP contribution in [0.5, 0.6) is 0 Å². The highest BCUT2D eigenvalue weighted by Crippen LogP contribution is 2.34. The third-order valence-electron chi connectivity index (χ3n) is 5.91. The molecule has 0 aliphatic heterocycles. The maximum absolute atomic E-state index is 12.3. The number of allylic oxidation sites excluding steroid dienone is 5. The summed E-state index contributed by atoms with van der Waals surface area (Å²) < 4.78 is 4.60. The molecule has 2 N–H and O–H groups in total. The number of carbonyl (C=O) groups is 2. The summed E-state index contributed by atoms with van der Waals surface area (Å²) >= 11 is 0. The molecule has 0 aromatic heterocycles. The number of ether oxygens (including phenoxy) is 1. The van der Waals surface area contributed by atoms with Crippen LogP contribution < -0.4 is 0 Å². The fourth-order valence-corrected chi connectivity index (χ4v) is 4.07. The number of methoxy groups -OCH3 is 1. The van der Waals surface area contributed by atoms with Crippen molar-refractivity contribution in [3.63, 3.8) is 0 Å². The number of aliphatic hydroxyl groups is 2. The summed E-state index contributed by atoms with van der Waals surface area (Å²) in [6.07, 6.45) is 19.4. The van der Waals surface area contributed by atoms with Crippen molar-refractivity contribution in [2.24, 2.45) is 11.8 Å². The van der Waals surface area contributed by atoms with E-state index >= 15 is 0 Å². The molecule has 1 fully saturated rings. The van der Waals surface area contributed by atoms with E-state index in [2.05, 4.69) is 10.8 Å². The van der Waals surface area contributed by atoms with E-state index < -0.39 is 11.7 Å². The molecule has 0 aromatic rings. The quantitative estimate of drug-likeness (QED) is 0.389. The average Bonchev–Trinajstić information content (AvgIpc) is 3.31. The molecular weight excluding hydrogens is 380 g/mol. The normalized spacial score (nSPS) is 26.7. The van der Waals surface area contributed by atoms with Crippen molar-refractivity contribution in [2.75, 3.05) is 7.11 Å². The highest BCUT2D eigenvalue weighted by molar-refractivity contribution is 5.84. The van der Waals surface area contributed by atoms with Crippen molar-refractivity contribution >= 4 is 11.8 Å². The van der Waals surface area contributed by atoms with Crippen LogP contribution in [0, 0.1) is 11.8 Å². The summed E-state index contributed by atoms with van der Waals surface area (Å²) in [6.45, 7) is 1.77. The zero-order chi connectivity index (χ0) is 22.0. The lowest BCUT2D eigenvalue weighted by Crippen LogP contribution is -2.21. The first-order valence-corrected chi connectivity index (χ1v) is 11.0. The van der Waals surface area contributed by atoms with Gasteiger partial charge >= 0.3 is 5.97 Å². The van der Waals surface area contributed by atoms with Gasteiger partial charge in [-0.25, -0.2) is 0 Å². The largest absolute Gasteiger partial charge is 0.469 e. The van der Waals surface area contributed by atoms with Crippen molar-refractivity contribution in [1.82, 2.24) is 0 Å². The van der Waals surface area contributed by atoms with Crippen molar-refractivity contribution in [3.05, 3.63) is 48.1 Å². The minimum atomic E-state index is -0.953. The van der Waals surface area contributed by atoms with Crippen LogP contribution in [0.4, 0.5) is 0 Å². The van der Waals surface area contributed by atoms with E-state index in [-0.39, 0.29) is 30.0 Å². The fraction of sp³-hybridized carbons (Fsp3) is 0.600. The van der Waals surface area contributed by atoms with Crippen molar-refractivity contribution in [3.8, 4) is 0 Å². The van der Waals surface area contributed by atoms with E-state index in [0.29, 0.717) is 25.7 Å². The van der Waals surface area contributed by atoms with Crippen LogP contribution in [0.1, 0.15) is 64.7 Å². The Balaban J connectivity index is 1.83. The first-order valence-electron chi connectivity index (χ1n) is 11.0. The van der Waals surface area contributed by atoms with Crippen molar-refractivity contribution < 1.29 is 24.5 Å². The Bertz CT molecular complexity index is 698. The van der Waals surface area contributed by atoms with Gasteiger partial charge in [-0.05, 0) is 51.9 Å². The second kappa shape index (κ2) is 12.0. The monoisotopic (exact) mass is 416 g/mol. The number of esters is 1. The Morgan fingerprint density at radius 2 is 2.07 bits per heavy atom. The van der Waals surface area contributed by atoms with E-state index in [4.69, 9.17) is 0 Å². The maximum atomic E-state index is 12.3. The molecule has 2 rings (SSSR count). The first-order chi connectivity index (χ1) is 14.3. The number of hydrogen-bond donors (Lipinski definition) is 2. The molecule has 0 aromatic carbocycles. The van der Waals surface area contributed by atoms with Crippen LogP contribution in [-0.2, 0) is 14.3 Å². The van der Waals surface area contributed by atoms with Gasteiger partial charge < -0.3 is 14.9 Å². The van der Waals surface area contributed by atoms with Gasteiger partial charge in [0, 0.05) is 24.7 Å². The number of Topliss-reactive ketones (excluding diaryl/α,β-unsaturated/α-hetero) is 1. The lowest BCUT2D eigenvalue weighted by atomic mass is 9.88. The molecule has 0 amide bonds. The third-order valence-corrected chi connectivity index (χ3v) is 5.91. The smallest absolute Gasteiger partial charge is 0.305 e. The Morgan fingerprint density at radius 3 is 2.77 bits per heavy atom.